The number of anilines is 1. The minimum absolute atomic E-state index is 0.0832. The third kappa shape index (κ3) is 4.48. The lowest BCUT2D eigenvalue weighted by Gasteiger charge is -2.25. The van der Waals surface area contributed by atoms with Crippen molar-refractivity contribution in [1.82, 2.24) is 23.6 Å². The average Bonchev–Trinajstić information content (AvgIpc) is 3.59. The van der Waals surface area contributed by atoms with Crippen molar-refractivity contribution in [3.05, 3.63) is 36.3 Å². The summed E-state index contributed by atoms with van der Waals surface area (Å²) in [5, 5.41) is 7.40. The molecular formula is C24H32N6O3S. The van der Waals surface area contributed by atoms with Gasteiger partial charge in [0.15, 0.2) is 0 Å². The van der Waals surface area contributed by atoms with E-state index in [1.54, 1.807) is 22.6 Å². The Morgan fingerprint density at radius 2 is 1.85 bits per heavy atom. The number of sulfonamides is 1. The van der Waals surface area contributed by atoms with Crippen LogP contribution in [-0.4, -0.2) is 51.1 Å². The van der Waals surface area contributed by atoms with Gasteiger partial charge in [-0.3, -0.25) is 4.79 Å². The molecule has 1 aliphatic carbocycles. The van der Waals surface area contributed by atoms with Crippen molar-refractivity contribution >= 4 is 32.8 Å². The van der Waals surface area contributed by atoms with Gasteiger partial charge in [-0.15, -0.1) is 0 Å². The molecule has 1 aromatic carbocycles. The van der Waals surface area contributed by atoms with Crippen LogP contribution in [0.3, 0.4) is 0 Å². The van der Waals surface area contributed by atoms with Crippen LogP contribution in [0, 0.1) is 0 Å². The highest BCUT2D eigenvalue weighted by molar-refractivity contribution is 7.89. The van der Waals surface area contributed by atoms with Crippen molar-refractivity contribution in [1.29, 1.82) is 0 Å². The molecule has 182 valence electrons. The number of amides is 1. The number of fused-ring (bicyclic) bond motifs is 1. The molecule has 34 heavy (non-hydrogen) atoms. The molecule has 2 aliphatic rings. The molecule has 0 radical (unpaired) electrons. The summed E-state index contributed by atoms with van der Waals surface area (Å²) >= 11 is 0. The molecule has 2 fully saturated rings. The van der Waals surface area contributed by atoms with Crippen LogP contribution in [-0.2, 0) is 28.3 Å². The Kier molecular flexibility index (Phi) is 6.44. The number of aryl methyl sites for hydroxylation is 2. The van der Waals surface area contributed by atoms with Crippen molar-refractivity contribution in [3.63, 3.8) is 0 Å². The van der Waals surface area contributed by atoms with E-state index in [4.69, 9.17) is 0 Å². The molecule has 2 aromatic heterocycles. The van der Waals surface area contributed by atoms with Gasteiger partial charge in [0.05, 0.1) is 28.2 Å². The van der Waals surface area contributed by atoms with Crippen molar-refractivity contribution in [3.8, 4) is 0 Å². The Balaban J connectivity index is 1.27. The molecule has 10 heteroatoms. The van der Waals surface area contributed by atoms with Crippen LogP contribution in [0.1, 0.15) is 63.2 Å². The van der Waals surface area contributed by atoms with Crippen LogP contribution in [0.2, 0.25) is 0 Å². The normalized spacial score (nSPS) is 18.0. The molecule has 9 nitrogen and oxygen atoms in total. The first kappa shape index (κ1) is 23.0. The van der Waals surface area contributed by atoms with Gasteiger partial charge < -0.3 is 9.88 Å². The second-order valence-electron chi connectivity index (χ2n) is 9.35. The molecule has 0 bridgehead atoms. The maximum Gasteiger partial charge on any atom is 0.243 e. The number of nitrogens with one attached hydrogen (secondary N) is 1. The van der Waals surface area contributed by atoms with E-state index < -0.39 is 10.0 Å². The summed E-state index contributed by atoms with van der Waals surface area (Å²) in [5.41, 5.74) is 1.49. The van der Waals surface area contributed by atoms with E-state index in [0.717, 1.165) is 49.3 Å². The van der Waals surface area contributed by atoms with Gasteiger partial charge in [0, 0.05) is 39.0 Å². The van der Waals surface area contributed by atoms with Crippen LogP contribution in [0.4, 0.5) is 5.82 Å². The first-order valence-electron chi connectivity index (χ1n) is 12.2. The number of carbonyl (C=O) groups excluding carboxylic acids is 1. The Hall–Kier alpha value is -2.72. The lowest BCUT2D eigenvalue weighted by molar-refractivity contribution is -0.116. The predicted octanol–water partition coefficient (Wildman–Crippen LogP) is 3.63. The first-order valence-corrected chi connectivity index (χ1v) is 13.7. The zero-order chi connectivity index (χ0) is 23.7. The molecule has 1 N–H and O–H groups in total. The van der Waals surface area contributed by atoms with Crippen molar-refractivity contribution < 1.29 is 13.2 Å². The monoisotopic (exact) mass is 484 g/mol. The SMILES string of the molecule is Cn1c(CCC(=O)Nc2ccnn2C2CCCC2)nc2cc(S(=O)(=O)N3CCCCC3)ccc21. The predicted molar refractivity (Wildman–Crippen MR) is 130 cm³/mol. The maximum atomic E-state index is 13.0. The van der Waals surface area contributed by atoms with E-state index in [1.165, 1.54) is 12.8 Å². The van der Waals surface area contributed by atoms with Crippen molar-refractivity contribution in [2.24, 2.45) is 7.05 Å². The summed E-state index contributed by atoms with van der Waals surface area (Å²) in [6.07, 6.45) is 9.95. The van der Waals surface area contributed by atoms with Gasteiger partial charge in [-0.2, -0.15) is 9.40 Å². The Morgan fingerprint density at radius 1 is 1.09 bits per heavy atom. The molecule has 0 unspecified atom stereocenters. The van der Waals surface area contributed by atoms with E-state index in [1.807, 2.05) is 28.4 Å². The average molecular weight is 485 g/mol. The molecule has 3 aromatic rings. The number of piperidine rings is 1. The van der Waals surface area contributed by atoms with Crippen LogP contribution < -0.4 is 5.32 Å². The Labute approximate surface area is 200 Å². The van der Waals surface area contributed by atoms with Gasteiger partial charge >= 0.3 is 0 Å². The second kappa shape index (κ2) is 9.50. The maximum absolute atomic E-state index is 13.0. The molecule has 0 spiro atoms. The summed E-state index contributed by atoms with van der Waals surface area (Å²) in [4.78, 5) is 17.6. The van der Waals surface area contributed by atoms with Gasteiger partial charge in [-0.1, -0.05) is 19.3 Å². The standard InChI is InChI=1S/C24H32N6O3S/c1-28-21-10-9-19(34(32,33)29-15-5-2-6-16-29)17-20(21)26-22(28)11-12-24(31)27-23-13-14-25-30(23)18-7-3-4-8-18/h9-10,13-14,17-18H,2-8,11-12,15-16H2,1H3,(H,27,31). The third-order valence-electron chi connectivity index (χ3n) is 7.08. The van der Waals surface area contributed by atoms with Crippen LogP contribution in [0.25, 0.3) is 11.0 Å². The fourth-order valence-corrected chi connectivity index (χ4v) is 6.69. The van der Waals surface area contributed by atoms with Crippen molar-refractivity contribution in [2.75, 3.05) is 18.4 Å². The number of imidazole rings is 1. The van der Waals surface area contributed by atoms with E-state index in [9.17, 15) is 13.2 Å². The van der Waals surface area contributed by atoms with Crippen LogP contribution in [0.5, 0.6) is 0 Å². The van der Waals surface area contributed by atoms with Gasteiger partial charge in [0.2, 0.25) is 15.9 Å². The zero-order valence-corrected chi connectivity index (χ0v) is 20.4. The van der Waals surface area contributed by atoms with Crippen LogP contribution in [0.15, 0.2) is 35.4 Å². The Morgan fingerprint density at radius 3 is 2.62 bits per heavy atom. The summed E-state index contributed by atoms with van der Waals surface area (Å²) in [6.45, 7) is 1.14. The molecule has 0 atom stereocenters. The van der Waals surface area contributed by atoms with Crippen molar-refractivity contribution in [2.45, 2.75) is 68.7 Å². The highest BCUT2D eigenvalue weighted by Gasteiger charge is 2.27. The van der Waals surface area contributed by atoms with E-state index >= 15 is 0 Å². The lowest BCUT2D eigenvalue weighted by Crippen LogP contribution is -2.35. The highest BCUT2D eigenvalue weighted by atomic mass is 32.2. The molecular weight excluding hydrogens is 452 g/mol. The fraction of sp³-hybridized carbons (Fsp3) is 0.542. The van der Waals surface area contributed by atoms with E-state index in [2.05, 4.69) is 15.4 Å². The number of rotatable bonds is 7. The fourth-order valence-electron chi connectivity index (χ4n) is 5.15. The Bertz CT molecular complexity index is 1280. The number of carbonyl (C=O) groups is 1. The molecule has 3 heterocycles. The largest absolute Gasteiger partial charge is 0.331 e. The minimum Gasteiger partial charge on any atom is -0.331 e. The van der Waals surface area contributed by atoms with E-state index in [-0.39, 0.29) is 17.2 Å². The molecule has 1 aliphatic heterocycles. The number of aromatic nitrogens is 4. The topological polar surface area (TPSA) is 102 Å². The number of nitrogens with zero attached hydrogens (tertiary/aromatic N) is 5. The number of benzene rings is 1. The number of hydrogen-bond donors (Lipinski definition) is 1. The summed E-state index contributed by atoms with van der Waals surface area (Å²) in [6, 6.07) is 7.33. The quantitative estimate of drug-likeness (QED) is 0.552. The molecule has 1 saturated heterocycles. The second-order valence-corrected chi connectivity index (χ2v) is 11.3. The molecule has 5 rings (SSSR count). The first-order chi connectivity index (χ1) is 16.4. The molecule has 1 saturated carbocycles. The molecule has 1 amide bonds. The summed E-state index contributed by atoms with van der Waals surface area (Å²) in [5.74, 6) is 1.41. The van der Waals surface area contributed by atoms with Gasteiger partial charge in [0.1, 0.15) is 11.6 Å². The van der Waals surface area contributed by atoms with Crippen LogP contribution >= 0.6 is 0 Å². The third-order valence-corrected chi connectivity index (χ3v) is 8.98. The summed E-state index contributed by atoms with van der Waals surface area (Å²) in [7, 11) is -1.61. The summed E-state index contributed by atoms with van der Waals surface area (Å²) < 4.78 is 31.5. The highest BCUT2D eigenvalue weighted by Crippen LogP contribution is 2.31. The minimum atomic E-state index is -3.51. The van der Waals surface area contributed by atoms with Gasteiger partial charge in [-0.05, 0) is 43.9 Å². The van der Waals surface area contributed by atoms with Gasteiger partial charge in [-0.25, -0.2) is 18.1 Å². The zero-order valence-electron chi connectivity index (χ0n) is 19.6. The van der Waals surface area contributed by atoms with Gasteiger partial charge in [0.25, 0.3) is 0 Å². The smallest absolute Gasteiger partial charge is 0.243 e. The number of hydrogen-bond acceptors (Lipinski definition) is 5. The van der Waals surface area contributed by atoms with E-state index in [0.29, 0.717) is 31.1 Å². The lowest BCUT2D eigenvalue weighted by atomic mass is 10.2.